The van der Waals surface area contributed by atoms with Gasteiger partial charge in [0.15, 0.2) is 0 Å². The van der Waals surface area contributed by atoms with Crippen molar-refractivity contribution in [3.63, 3.8) is 0 Å². The van der Waals surface area contributed by atoms with Crippen LogP contribution in [0, 0.1) is 0 Å². The zero-order chi connectivity index (χ0) is 8.97. The van der Waals surface area contributed by atoms with Crippen LogP contribution >= 0.6 is 35.0 Å². The zero-order valence-electron chi connectivity index (χ0n) is 6.55. The maximum Gasteiger partial charge on any atom is 0.116 e. The molecule has 1 rings (SSSR count). The predicted octanol–water partition coefficient (Wildman–Crippen LogP) is 4.45. The fraction of sp³-hybridized carbons (Fsp3) is 0.111. The summed E-state index contributed by atoms with van der Waals surface area (Å²) in [6, 6.07) is 9.98. The molecule has 0 nitrogen and oxygen atoms in total. The van der Waals surface area contributed by atoms with Crippen molar-refractivity contribution in [3.05, 3.63) is 39.7 Å². The minimum Gasteiger partial charge on any atom is -0.0924 e. The lowest BCUT2D eigenvalue weighted by molar-refractivity contribution is 1.46. The van der Waals surface area contributed by atoms with Crippen molar-refractivity contribution in [3.8, 4) is 0 Å². The van der Waals surface area contributed by atoms with Gasteiger partial charge in [0.1, 0.15) is 4.49 Å². The van der Waals surface area contributed by atoms with Crippen LogP contribution in [0.15, 0.2) is 44.6 Å². The molecule has 0 aliphatic rings. The van der Waals surface area contributed by atoms with Crippen molar-refractivity contribution in [2.75, 3.05) is 0 Å². The molecule has 0 N–H and O–H groups in total. The molecule has 0 bridgehead atoms. The van der Waals surface area contributed by atoms with Gasteiger partial charge in [0.25, 0.3) is 0 Å². The third-order valence-corrected chi connectivity index (χ3v) is 3.09. The summed E-state index contributed by atoms with van der Waals surface area (Å²) in [4.78, 5) is 2.07. The molecule has 0 spiro atoms. The van der Waals surface area contributed by atoms with E-state index in [0.29, 0.717) is 4.49 Å². The zero-order valence-corrected chi connectivity index (χ0v) is 8.88. The Kier molecular flexibility index (Phi) is 3.99. The van der Waals surface area contributed by atoms with Gasteiger partial charge in [-0.05, 0) is 19.1 Å². The molecule has 0 unspecified atom stereocenters. The fourth-order valence-corrected chi connectivity index (χ4v) is 1.66. The first kappa shape index (κ1) is 9.97. The summed E-state index contributed by atoms with van der Waals surface area (Å²) >= 11 is 12.8. The van der Waals surface area contributed by atoms with Gasteiger partial charge in [-0.3, -0.25) is 0 Å². The van der Waals surface area contributed by atoms with Crippen LogP contribution in [0.1, 0.15) is 6.92 Å². The second kappa shape index (κ2) is 4.80. The van der Waals surface area contributed by atoms with Gasteiger partial charge in [0, 0.05) is 9.80 Å². The SMILES string of the molecule is CC(Sc1ccccc1)=C(Cl)Cl. The minimum atomic E-state index is 0.337. The highest BCUT2D eigenvalue weighted by Crippen LogP contribution is 2.30. The molecular formula is C9H8Cl2S. The van der Waals surface area contributed by atoms with Crippen LogP contribution in [0.2, 0.25) is 0 Å². The molecule has 0 saturated heterocycles. The van der Waals surface area contributed by atoms with Crippen molar-refractivity contribution in [1.29, 1.82) is 0 Å². The first-order valence-electron chi connectivity index (χ1n) is 3.45. The number of hydrogen-bond acceptors (Lipinski definition) is 1. The molecule has 0 aromatic heterocycles. The summed E-state index contributed by atoms with van der Waals surface area (Å²) in [7, 11) is 0. The molecule has 0 saturated carbocycles. The number of benzene rings is 1. The first-order valence-corrected chi connectivity index (χ1v) is 5.02. The van der Waals surface area contributed by atoms with E-state index < -0.39 is 0 Å². The number of rotatable bonds is 2. The molecule has 0 aliphatic heterocycles. The quantitative estimate of drug-likeness (QED) is 0.662. The van der Waals surface area contributed by atoms with E-state index in [2.05, 4.69) is 0 Å². The smallest absolute Gasteiger partial charge is 0.0924 e. The molecule has 0 aliphatic carbocycles. The molecular weight excluding hydrogens is 211 g/mol. The van der Waals surface area contributed by atoms with Crippen LogP contribution in [0.3, 0.4) is 0 Å². The van der Waals surface area contributed by atoms with Crippen LogP contribution in [0.25, 0.3) is 0 Å². The summed E-state index contributed by atoms with van der Waals surface area (Å²) in [6.45, 7) is 1.90. The fourth-order valence-electron chi connectivity index (χ4n) is 0.704. The monoisotopic (exact) mass is 218 g/mol. The topological polar surface area (TPSA) is 0 Å². The molecule has 0 heterocycles. The normalized spacial score (nSPS) is 9.58. The van der Waals surface area contributed by atoms with E-state index in [0.717, 1.165) is 9.80 Å². The van der Waals surface area contributed by atoms with Crippen LogP contribution in [-0.2, 0) is 0 Å². The third kappa shape index (κ3) is 3.10. The molecule has 3 heteroatoms. The Morgan fingerprint density at radius 2 is 1.75 bits per heavy atom. The Morgan fingerprint density at radius 3 is 2.25 bits per heavy atom. The number of halogens is 2. The summed E-state index contributed by atoms with van der Waals surface area (Å²) in [5, 5.41) is 0. The van der Waals surface area contributed by atoms with Gasteiger partial charge in [0.05, 0.1) is 0 Å². The highest BCUT2D eigenvalue weighted by molar-refractivity contribution is 8.03. The second-order valence-corrected chi connectivity index (χ2v) is 4.47. The van der Waals surface area contributed by atoms with E-state index in [9.17, 15) is 0 Å². The lowest BCUT2D eigenvalue weighted by Crippen LogP contribution is -1.71. The highest BCUT2D eigenvalue weighted by atomic mass is 35.5. The van der Waals surface area contributed by atoms with Crippen molar-refractivity contribution in [2.45, 2.75) is 11.8 Å². The van der Waals surface area contributed by atoms with E-state index in [1.165, 1.54) is 0 Å². The maximum absolute atomic E-state index is 5.60. The number of hydrogen-bond donors (Lipinski definition) is 0. The van der Waals surface area contributed by atoms with Crippen LogP contribution in [0.5, 0.6) is 0 Å². The Bertz CT molecular complexity index is 276. The maximum atomic E-state index is 5.60. The molecule has 1 aromatic rings. The van der Waals surface area contributed by atoms with Crippen LogP contribution in [-0.4, -0.2) is 0 Å². The minimum absolute atomic E-state index is 0.337. The van der Waals surface area contributed by atoms with E-state index >= 15 is 0 Å². The van der Waals surface area contributed by atoms with E-state index in [4.69, 9.17) is 23.2 Å². The van der Waals surface area contributed by atoms with Crippen LogP contribution < -0.4 is 0 Å². The van der Waals surface area contributed by atoms with Gasteiger partial charge in [-0.15, -0.1) is 0 Å². The second-order valence-electron chi connectivity index (χ2n) is 2.23. The Morgan fingerprint density at radius 1 is 1.17 bits per heavy atom. The molecule has 0 amide bonds. The Balaban J connectivity index is 2.72. The molecule has 12 heavy (non-hydrogen) atoms. The molecule has 1 aromatic carbocycles. The summed E-state index contributed by atoms with van der Waals surface area (Å²) in [5.74, 6) is 0. The van der Waals surface area contributed by atoms with Crippen LogP contribution in [0.4, 0.5) is 0 Å². The molecule has 64 valence electrons. The Labute approximate surface area is 86.6 Å². The molecule has 0 radical (unpaired) electrons. The average molecular weight is 219 g/mol. The van der Waals surface area contributed by atoms with E-state index in [1.807, 2.05) is 37.3 Å². The lowest BCUT2D eigenvalue weighted by Gasteiger charge is -1.99. The van der Waals surface area contributed by atoms with Crippen molar-refractivity contribution >= 4 is 35.0 Å². The highest BCUT2D eigenvalue weighted by Gasteiger charge is 1.97. The number of thioether (sulfide) groups is 1. The average Bonchev–Trinajstić information content (AvgIpc) is 2.06. The van der Waals surface area contributed by atoms with E-state index in [1.54, 1.807) is 11.8 Å². The number of allylic oxidation sites excluding steroid dienone is 1. The van der Waals surface area contributed by atoms with Crippen molar-refractivity contribution in [2.24, 2.45) is 0 Å². The van der Waals surface area contributed by atoms with Gasteiger partial charge in [-0.2, -0.15) is 0 Å². The van der Waals surface area contributed by atoms with E-state index in [-0.39, 0.29) is 0 Å². The summed E-state index contributed by atoms with van der Waals surface area (Å²) < 4.78 is 0.337. The third-order valence-electron chi connectivity index (χ3n) is 1.28. The standard InChI is InChI=1S/C9H8Cl2S/c1-7(9(10)11)12-8-5-3-2-4-6-8/h2-6H,1H3. The Hall–Kier alpha value is -0.110. The molecule has 0 fully saturated rings. The van der Waals surface area contributed by atoms with Crippen molar-refractivity contribution in [1.82, 2.24) is 0 Å². The van der Waals surface area contributed by atoms with Gasteiger partial charge in [0.2, 0.25) is 0 Å². The summed E-state index contributed by atoms with van der Waals surface area (Å²) in [5.41, 5.74) is 0. The summed E-state index contributed by atoms with van der Waals surface area (Å²) in [6.07, 6.45) is 0. The predicted molar refractivity (Wildman–Crippen MR) is 56.7 cm³/mol. The lowest BCUT2D eigenvalue weighted by atomic mass is 10.4. The largest absolute Gasteiger partial charge is 0.116 e. The van der Waals surface area contributed by atoms with Gasteiger partial charge in [-0.1, -0.05) is 53.2 Å². The van der Waals surface area contributed by atoms with Gasteiger partial charge >= 0.3 is 0 Å². The van der Waals surface area contributed by atoms with Crippen molar-refractivity contribution < 1.29 is 0 Å². The van der Waals surface area contributed by atoms with Gasteiger partial charge in [-0.25, -0.2) is 0 Å². The first-order chi connectivity index (χ1) is 5.70. The molecule has 0 atom stereocenters. The van der Waals surface area contributed by atoms with Gasteiger partial charge < -0.3 is 0 Å².